The van der Waals surface area contributed by atoms with E-state index < -0.39 is 53.7 Å². The average Bonchev–Trinajstić information content (AvgIpc) is 3.52. The molecule has 1 unspecified atom stereocenters. The Kier molecular flexibility index (Phi) is 11.3. The summed E-state index contributed by atoms with van der Waals surface area (Å²) in [7, 11) is 0. The highest BCUT2D eigenvalue weighted by Crippen LogP contribution is 2.21. The van der Waals surface area contributed by atoms with Gasteiger partial charge in [0, 0.05) is 32.7 Å². The first-order valence-corrected chi connectivity index (χ1v) is 14.9. The summed E-state index contributed by atoms with van der Waals surface area (Å²) in [6.45, 7) is 1.62. The third-order valence-corrected chi connectivity index (χ3v) is 7.75. The molecule has 6 N–H and O–H groups in total. The van der Waals surface area contributed by atoms with E-state index in [9.17, 15) is 29.1 Å². The van der Waals surface area contributed by atoms with Gasteiger partial charge in [0.15, 0.2) is 0 Å². The van der Waals surface area contributed by atoms with Crippen molar-refractivity contribution in [2.45, 2.75) is 63.2 Å². The first-order chi connectivity index (χ1) is 21.6. The van der Waals surface area contributed by atoms with Crippen LogP contribution in [0.25, 0.3) is 0 Å². The van der Waals surface area contributed by atoms with Crippen molar-refractivity contribution in [1.29, 1.82) is 0 Å². The fraction of sp³-hybridized carbons (Fsp3) is 0.324. The van der Waals surface area contributed by atoms with Gasteiger partial charge in [0.1, 0.15) is 29.9 Å². The maximum absolute atomic E-state index is 13.7. The van der Waals surface area contributed by atoms with Crippen molar-refractivity contribution in [3.63, 3.8) is 0 Å². The van der Waals surface area contributed by atoms with Crippen molar-refractivity contribution in [1.82, 2.24) is 20.9 Å². The molecule has 0 aromatic heterocycles. The molecular weight excluding hydrogens is 574 g/mol. The van der Waals surface area contributed by atoms with Crippen LogP contribution in [-0.2, 0) is 43.2 Å². The Bertz CT molecular complexity index is 1480. The lowest BCUT2D eigenvalue weighted by Gasteiger charge is -2.30. The van der Waals surface area contributed by atoms with E-state index in [0.29, 0.717) is 19.4 Å². The number of carbonyl (C=O) groups excluding carboxylic acids is 5. The van der Waals surface area contributed by atoms with E-state index in [1.807, 2.05) is 60.7 Å². The van der Waals surface area contributed by atoms with Crippen LogP contribution >= 0.6 is 0 Å². The van der Waals surface area contributed by atoms with Gasteiger partial charge in [-0.05, 0) is 41.7 Å². The number of amides is 5. The summed E-state index contributed by atoms with van der Waals surface area (Å²) in [5.41, 5.74) is 7.96. The second-order valence-electron chi connectivity index (χ2n) is 11.2. The van der Waals surface area contributed by atoms with E-state index >= 15 is 0 Å². The number of phenolic OH excluding ortho intramolecular Hbond substituents is 1. The van der Waals surface area contributed by atoms with Crippen LogP contribution in [0.2, 0.25) is 0 Å². The fourth-order valence-electron chi connectivity index (χ4n) is 5.49. The Balaban J connectivity index is 1.51. The lowest BCUT2D eigenvalue weighted by atomic mass is 10.0. The maximum atomic E-state index is 13.7. The molecule has 1 saturated heterocycles. The van der Waals surface area contributed by atoms with Crippen LogP contribution in [0.5, 0.6) is 5.75 Å². The molecule has 0 saturated carbocycles. The highest BCUT2D eigenvalue weighted by Gasteiger charge is 2.39. The molecule has 45 heavy (non-hydrogen) atoms. The van der Waals surface area contributed by atoms with Gasteiger partial charge in [0.25, 0.3) is 0 Å². The summed E-state index contributed by atoms with van der Waals surface area (Å²) in [6, 6.07) is 20.7. The lowest BCUT2D eigenvalue weighted by Crippen LogP contribution is -2.58. The van der Waals surface area contributed by atoms with Crippen molar-refractivity contribution in [2.24, 2.45) is 5.73 Å². The molecule has 5 amide bonds. The van der Waals surface area contributed by atoms with Crippen LogP contribution < -0.4 is 21.7 Å². The highest BCUT2D eigenvalue weighted by molar-refractivity contribution is 5.95. The number of nitrogens with zero attached hydrogens (tertiary/aromatic N) is 1. The number of nitrogens with one attached hydrogen (secondary N) is 3. The van der Waals surface area contributed by atoms with Gasteiger partial charge < -0.3 is 31.7 Å². The molecule has 3 aromatic rings. The SMILES string of the molecule is CC(=O)N[C@@H](Cc1ccc(O)cc1)C(=O)N1CCC[C@H]1C(=O)NC(Cc1ccccc1)C(=O)N[C@@H](Cc1ccccc1)C(N)=O. The van der Waals surface area contributed by atoms with E-state index in [1.54, 1.807) is 12.1 Å². The number of nitrogens with two attached hydrogens (primary N) is 1. The Morgan fingerprint density at radius 1 is 0.756 bits per heavy atom. The predicted octanol–water partition coefficient (Wildman–Crippen LogP) is 1.37. The van der Waals surface area contributed by atoms with Gasteiger partial charge in [-0.3, -0.25) is 24.0 Å². The molecule has 4 atom stereocenters. The number of benzene rings is 3. The summed E-state index contributed by atoms with van der Waals surface area (Å²) >= 11 is 0. The Labute approximate surface area is 262 Å². The number of primary amides is 1. The third-order valence-electron chi connectivity index (χ3n) is 7.75. The smallest absolute Gasteiger partial charge is 0.246 e. The highest BCUT2D eigenvalue weighted by atomic mass is 16.3. The summed E-state index contributed by atoms with van der Waals surface area (Å²) in [6.07, 6.45) is 1.43. The van der Waals surface area contributed by atoms with Gasteiger partial charge in [0.05, 0.1) is 0 Å². The standard InChI is InChI=1S/C34H39N5O6/c1-22(40)36-29(21-25-14-16-26(41)17-15-25)34(45)39-18-8-13-30(39)33(44)38-28(20-24-11-6-3-7-12-24)32(43)37-27(31(35)42)19-23-9-4-2-5-10-23/h2-7,9-12,14-17,27-30,41H,8,13,18-21H2,1H3,(H2,35,42)(H,36,40)(H,37,43)(H,38,44)/t27-,28?,29-,30-/m0/s1. The van der Waals surface area contributed by atoms with Crippen molar-refractivity contribution in [2.75, 3.05) is 6.54 Å². The summed E-state index contributed by atoms with van der Waals surface area (Å²) < 4.78 is 0. The lowest BCUT2D eigenvalue weighted by molar-refractivity contribution is -0.142. The zero-order valence-electron chi connectivity index (χ0n) is 25.1. The van der Waals surface area contributed by atoms with Crippen molar-refractivity contribution < 1.29 is 29.1 Å². The zero-order valence-corrected chi connectivity index (χ0v) is 25.1. The van der Waals surface area contributed by atoms with Gasteiger partial charge in [0.2, 0.25) is 29.5 Å². The molecular formula is C34H39N5O6. The van der Waals surface area contributed by atoms with Crippen molar-refractivity contribution >= 4 is 29.5 Å². The van der Waals surface area contributed by atoms with Gasteiger partial charge in [-0.1, -0.05) is 72.8 Å². The maximum Gasteiger partial charge on any atom is 0.246 e. The van der Waals surface area contributed by atoms with Crippen LogP contribution in [0.3, 0.4) is 0 Å². The molecule has 11 nitrogen and oxygen atoms in total. The topological polar surface area (TPSA) is 171 Å². The minimum atomic E-state index is -1.06. The monoisotopic (exact) mass is 613 g/mol. The third kappa shape index (κ3) is 9.40. The van der Waals surface area contributed by atoms with Gasteiger partial charge >= 0.3 is 0 Å². The zero-order chi connectivity index (χ0) is 32.3. The van der Waals surface area contributed by atoms with E-state index in [1.165, 1.54) is 24.0 Å². The summed E-state index contributed by atoms with van der Waals surface area (Å²) in [5, 5.41) is 17.8. The first-order valence-electron chi connectivity index (χ1n) is 14.9. The van der Waals surface area contributed by atoms with Crippen molar-refractivity contribution in [3.05, 3.63) is 102 Å². The Morgan fingerprint density at radius 2 is 1.29 bits per heavy atom. The van der Waals surface area contributed by atoms with Crippen LogP contribution in [0.1, 0.15) is 36.5 Å². The second-order valence-corrected chi connectivity index (χ2v) is 11.2. The molecule has 0 aliphatic carbocycles. The molecule has 3 aromatic carbocycles. The average molecular weight is 614 g/mol. The Morgan fingerprint density at radius 3 is 1.84 bits per heavy atom. The molecule has 0 radical (unpaired) electrons. The molecule has 1 fully saturated rings. The van der Waals surface area contributed by atoms with Gasteiger partial charge in [-0.2, -0.15) is 0 Å². The van der Waals surface area contributed by atoms with Gasteiger partial charge in [-0.25, -0.2) is 0 Å². The van der Waals surface area contributed by atoms with Crippen LogP contribution in [0.15, 0.2) is 84.9 Å². The molecule has 0 spiro atoms. The number of phenols is 1. The number of carbonyl (C=O) groups is 5. The molecule has 1 aliphatic rings. The Hall–Kier alpha value is -5.19. The van der Waals surface area contributed by atoms with Crippen LogP contribution in [0, 0.1) is 0 Å². The second kappa shape index (κ2) is 15.5. The number of rotatable bonds is 13. The molecule has 0 bridgehead atoms. The van der Waals surface area contributed by atoms with Crippen LogP contribution in [0.4, 0.5) is 0 Å². The van der Waals surface area contributed by atoms with Gasteiger partial charge in [-0.15, -0.1) is 0 Å². The summed E-state index contributed by atoms with van der Waals surface area (Å²) in [5.74, 6) is -2.54. The number of hydrogen-bond acceptors (Lipinski definition) is 6. The fourth-order valence-corrected chi connectivity index (χ4v) is 5.49. The number of aromatic hydroxyl groups is 1. The molecule has 1 heterocycles. The number of likely N-dealkylation sites (tertiary alicyclic amines) is 1. The molecule has 1 aliphatic heterocycles. The first kappa shape index (κ1) is 32.7. The molecule has 4 rings (SSSR count). The van der Waals surface area contributed by atoms with Crippen LogP contribution in [-0.4, -0.2) is 70.3 Å². The van der Waals surface area contributed by atoms with E-state index in [-0.39, 0.29) is 25.0 Å². The molecule has 11 heteroatoms. The minimum Gasteiger partial charge on any atom is -0.508 e. The summed E-state index contributed by atoms with van der Waals surface area (Å²) in [4.78, 5) is 66.8. The normalized spacial score (nSPS) is 16.2. The van der Waals surface area contributed by atoms with Crippen molar-refractivity contribution in [3.8, 4) is 5.75 Å². The van der Waals surface area contributed by atoms with E-state index in [0.717, 1.165) is 16.7 Å². The number of hydrogen-bond donors (Lipinski definition) is 5. The predicted molar refractivity (Wildman–Crippen MR) is 167 cm³/mol. The minimum absolute atomic E-state index is 0.0775. The van der Waals surface area contributed by atoms with E-state index in [2.05, 4.69) is 16.0 Å². The molecule has 236 valence electrons. The largest absolute Gasteiger partial charge is 0.508 e. The van der Waals surface area contributed by atoms with E-state index in [4.69, 9.17) is 5.73 Å². The quantitative estimate of drug-likeness (QED) is 0.195.